The van der Waals surface area contributed by atoms with Crippen LogP contribution >= 0.6 is 15.9 Å². The van der Waals surface area contributed by atoms with Gasteiger partial charge in [0.05, 0.1) is 6.61 Å². The summed E-state index contributed by atoms with van der Waals surface area (Å²) in [6.07, 6.45) is 1.08. The highest BCUT2D eigenvalue weighted by molar-refractivity contribution is 9.10. The van der Waals surface area contributed by atoms with Crippen molar-refractivity contribution < 1.29 is 4.74 Å². The lowest BCUT2D eigenvalue weighted by Crippen LogP contribution is -2.33. The van der Waals surface area contributed by atoms with Crippen molar-refractivity contribution >= 4 is 15.9 Å². The molecule has 0 fully saturated rings. The monoisotopic (exact) mass is 299 g/mol. The van der Waals surface area contributed by atoms with Crippen molar-refractivity contribution in [3.8, 4) is 0 Å². The predicted octanol–water partition coefficient (Wildman–Crippen LogP) is 3.25. The van der Waals surface area contributed by atoms with Crippen LogP contribution in [0.2, 0.25) is 0 Å². The van der Waals surface area contributed by atoms with Gasteiger partial charge in [0.2, 0.25) is 0 Å². The third-order valence-corrected chi connectivity index (χ3v) is 3.15. The van der Waals surface area contributed by atoms with Crippen LogP contribution < -0.4 is 5.32 Å². The van der Waals surface area contributed by atoms with Crippen LogP contribution in [0.15, 0.2) is 28.7 Å². The molecule has 0 aliphatic carbocycles. The minimum atomic E-state index is 0.258. The Morgan fingerprint density at radius 2 is 2.12 bits per heavy atom. The maximum atomic E-state index is 5.02. The van der Waals surface area contributed by atoms with Crippen LogP contribution in [-0.4, -0.2) is 26.8 Å². The van der Waals surface area contributed by atoms with Crippen molar-refractivity contribution in [2.45, 2.75) is 20.3 Å². The second-order valence-electron chi connectivity index (χ2n) is 5.14. The Labute approximate surface area is 113 Å². The second kappa shape index (κ2) is 7.14. The lowest BCUT2D eigenvalue weighted by Gasteiger charge is -2.25. The minimum Gasteiger partial charge on any atom is -0.383 e. The summed E-state index contributed by atoms with van der Waals surface area (Å²) in [6, 6.07) is 8.53. The summed E-state index contributed by atoms with van der Waals surface area (Å²) >= 11 is 3.51. The summed E-state index contributed by atoms with van der Waals surface area (Å²) < 4.78 is 6.17. The fraction of sp³-hybridized carbons (Fsp3) is 0.571. The van der Waals surface area contributed by atoms with Gasteiger partial charge in [0.15, 0.2) is 0 Å². The molecule has 1 aromatic rings. The molecular formula is C14H22BrNO. The number of ether oxygens (including phenoxy) is 1. The Morgan fingerprint density at radius 3 is 2.76 bits per heavy atom. The molecule has 17 heavy (non-hydrogen) atoms. The van der Waals surface area contributed by atoms with Gasteiger partial charge in [-0.1, -0.05) is 41.9 Å². The quantitative estimate of drug-likeness (QED) is 0.781. The molecule has 96 valence electrons. The van der Waals surface area contributed by atoms with Crippen molar-refractivity contribution in [1.82, 2.24) is 5.32 Å². The predicted molar refractivity (Wildman–Crippen MR) is 76.4 cm³/mol. The zero-order chi connectivity index (χ0) is 12.7. The third kappa shape index (κ3) is 6.20. The Balaban J connectivity index is 2.42. The van der Waals surface area contributed by atoms with Crippen LogP contribution in [0.3, 0.4) is 0 Å². The van der Waals surface area contributed by atoms with Crippen LogP contribution in [0, 0.1) is 5.41 Å². The van der Waals surface area contributed by atoms with E-state index in [2.05, 4.69) is 59.4 Å². The van der Waals surface area contributed by atoms with Crippen LogP contribution in [0.25, 0.3) is 0 Å². The van der Waals surface area contributed by atoms with Gasteiger partial charge in [-0.2, -0.15) is 0 Å². The maximum Gasteiger partial charge on any atom is 0.0587 e. The first-order valence-electron chi connectivity index (χ1n) is 5.98. The highest BCUT2D eigenvalue weighted by atomic mass is 79.9. The Kier molecular flexibility index (Phi) is 6.17. The number of methoxy groups -OCH3 is 1. The molecule has 0 unspecified atom stereocenters. The number of hydrogen-bond acceptors (Lipinski definition) is 2. The average molecular weight is 300 g/mol. The van der Waals surface area contributed by atoms with Gasteiger partial charge in [-0.05, 0) is 29.5 Å². The van der Waals surface area contributed by atoms with E-state index < -0.39 is 0 Å². The van der Waals surface area contributed by atoms with E-state index in [0.29, 0.717) is 0 Å². The summed E-state index contributed by atoms with van der Waals surface area (Å²) in [5, 5.41) is 3.42. The van der Waals surface area contributed by atoms with E-state index in [4.69, 9.17) is 4.74 Å². The highest BCUT2D eigenvalue weighted by Gasteiger charge is 2.17. The van der Waals surface area contributed by atoms with E-state index in [1.807, 2.05) is 0 Å². The van der Waals surface area contributed by atoms with Gasteiger partial charge < -0.3 is 10.1 Å². The average Bonchev–Trinajstić information content (AvgIpc) is 2.24. The summed E-state index contributed by atoms with van der Waals surface area (Å²) in [4.78, 5) is 0. The molecule has 1 rings (SSSR count). The van der Waals surface area contributed by atoms with Crippen LogP contribution in [0.1, 0.15) is 19.4 Å². The SMILES string of the molecule is COCCNCC(C)(C)Cc1cccc(Br)c1. The smallest absolute Gasteiger partial charge is 0.0587 e. The number of benzene rings is 1. The number of nitrogens with one attached hydrogen (secondary N) is 1. The molecule has 0 heterocycles. The van der Waals surface area contributed by atoms with Crippen molar-refractivity contribution in [2.24, 2.45) is 5.41 Å². The molecule has 2 nitrogen and oxygen atoms in total. The molecule has 0 spiro atoms. The Bertz CT molecular complexity index is 339. The second-order valence-corrected chi connectivity index (χ2v) is 6.06. The molecule has 0 saturated heterocycles. The molecule has 0 aromatic heterocycles. The minimum absolute atomic E-state index is 0.258. The molecule has 0 amide bonds. The van der Waals surface area contributed by atoms with Gasteiger partial charge in [-0.3, -0.25) is 0 Å². The van der Waals surface area contributed by atoms with Crippen LogP contribution in [0.4, 0.5) is 0 Å². The normalized spacial score (nSPS) is 11.8. The summed E-state index contributed by atoms with van der Waals surface area (Å²) in [7, 11) is 1.73. The molecule has 0 aliphatic rings. The first-order valence-corrected chi connectivity index (χ1v) is 6.77. The summed E-state index contributed by atoms with van der Waals surface area (Å²) in [5.74, 6) is 0. The topological polar surface area (TPSA) is 21.3 Å². The maximum absolute atomic E-state index is 5.02. The molecule has 1 N–H and O–H groups in total. The zero-order valence-corrected chi connectivity index (χ0v) is 12.5. The third-order valence-electron chi connectivity index (χ3n) is 2.66. The first kappa shape index (κ1) is 14.7. The van der Waals surface area contributed by atoms with Gasteiger partial charge in [0.25, 0.3) is 0 Å². The van der Waals surface area contributed by atoms with E-state index in [0.717, 1.165) is 30.6 Å². The van der Waals surface area contributed by atoms with Crippen molar-refractivity contribution in [2.75, 3.05) is 26.8 Å². The Morgan fingerprint density at radius 1 is 1.35 bits per heavy atom. The zero-order valence-electron chi connectivity index (χ0n) is 10.9. The number of hydrogen-bond donors (Lipinski definition) is 1. The van der Waals surface area contributed by atoms with Crippen molar-refractivity contribution in [3.63, 3.8) is 0 Å². The lowest BCUT2D eigenvalue weighted by molar-refractivity contribution is 0.194. The van der Waals surface area contributed by atoms with Crippen LogP contribution in [0.5, 0.6) is 0 Å². The van der Waals surface area contributed by atoms with Gasteiger partial charge in [-0.25, -0.2) is 0 Å². The molecule has 3 heteroatoms. The Hall–Kier alpha value is -0.380. The number of halogens is 1. The highest BCUT2D eigenvalue weighted by Crippen LogP contribution is 2.22. The lowest BCUT2D eigenvalue weighted by atomic mass is 9.86. The van der Waals surface area contributed by atoms with Gasteiger partial charge in [0, 0.05) is 24.7 Å². The molecule has 0 aliphatic heterocycles. The summed E-state index contributed by atoms with van der Waals surface area (Å²) in [6.45, 7) is 7.26. The van der Waals surface area contributed by atoms with E-state index in [9.17, 15) is 0 Å². The van der Waals surface area contributed by atoms with Gasteiger partial charge in [-0.15, -0.1) is 0 Å². The van der Waals surface area contributed by atoms with Gasteiger partial charge in [0.1, 0.15) is 0 Å². The van der Waals surface area contributed by atoms with Gasteiger partial charge >= 0.3 is 0 Å². The molecular weight excluding hydrogens is 278 g/mol. The summed E-state index contributed by atoms with van der Waals surface area (Å²) in [5.41, 5.74) is 1.63. The van der Waals surface area contributed by atoms with Crippen LogP contribution in [-0.2, 0) is 11.2 Å². The molecule has 0 atom stereocenters. The van der Waals surface area contributed by atoms with E-state index in [1.165, 1.54) is 5.56 Å². The standard InChI is InChI=1S/C14H22BrNO/c1-14(2,11-16-7-8-17-3)10-12-5-4-6-13(15)9-12/h4-6,9,16H,7-8,10-11H2,1-3H3. The molecule has 0 bridgehead atoms. The van der Waals surface area contributed by atoms with E-state index in [-0.39, 0.29) is 5.41 Å². The largest absolute Gasteiger partial charge is 0.383 e. The fourth-order valence-corrected chi connectivity index (χ4v) is 2.31. The van der Waals surface area contributed by atoms with E-state index >= 15 is 0 Å². The van der Waals surface area contributed by atoms with Crippen molar-refractivity contribution in [3.05, 3.63) is 34.3 Å². The molecule has 0 saturated carbocycles. The number of rotatable bonds is 7. The first-order chi connectivity index (χ1) is 8.03. The fourth-order valence-electron chi connectivity index (χ4n) is 1.86. The van der Waals surface area contributed by atoms with E-state index in [1.54, 1.807) is 7.11 Å². The van der Waals surface area contributed by atoms with Crippen molar-refractivity contribution in [1.29, 1.82) is 0 Å². The molecule has 0 radical (unpaired) electrons. The molecule has 1 aromatic carbocycles.